The van der Waals surface area contributed by atoms with Gasteiger partial charge in [-0.25, -0.2) is 0 Å². The average Bonchev–Trinajstić information content (AvgIpc) is 3.29. The maximum absolute atomic E-state index is 12.7. The summed E-state index contributed by atoms with van der Waals surface area (Å²) >= 11 is 6.69. The van der Waals surface area contributed by atoms with Crippen LogP contribution in [-0.4, -0.2) is 21.0 Å². The Morgan fingerprint density at radius 1 is 1.16 bits per heavy atom. The number of hydrogen-bond donors (Lipinski definition) is 0. The molecule has 0 unspecified atom stereocenters. The topological polar surface area (TPSA) is 93.7 Å². The van der Waals surface area contributed by atoms with Gasteiger partial charge in [-0.15, -0.1) is 0 Å². The van der Waals surface area contributed by atoms with Gasteiger partial charge in [0.15, 0.2) is 0 Å². The van der Waals surface area contributed by atoms with Crippen molar-refractivity contribution in [2.75, 3.05) is 0 Å². The molecule has 1 saturated heterocycles. The van der Waals surface area contributed by atoms with Gasteiger partial charge >= 0.3 is 0 Å². The number of hydrogen-bond acceptors (Lipinski definition) is 6. The number of imide groups is 1. The van der Waals surface area contributed by atoms with Crippen LogP contribution in [0.4, 0.5) is 10.5 Å². The van der Waals surface area contributed by atoms with Crippen LogP contribution in [-0.2, 0) is 11.3 Å². The van der Waals surface area contributed by atoms with E-state index in [-0.39, 0.29) is 27.4 Å². The largest absolute Gasteiger partial charge is 0.457 e. The number of benzene rings is 2. The van der Waals surface area contributed by atoms with Crippen molar-refractivity contribution in [2.45, 2.75) is 13.5 Å². The SMILES string of the molecule is Cc1cccc(CN2C(=O)S/C(=C\c3ccc(-c4ccc(Cl)c([N+](=O)[O-])c4)o3)C2=O)c1. The molecule has 156 valence electrons. The number of nitro benzene ring substituents is 1. The lowest BCUT2D eigenvalue weighted by molar-refractivity contribution is -0.384. The van der Waals surface area contributed by atoms with Crippen LogP contribution in [0.1, 0.15) is 16.9 Å². The first kappa shape index (κ1) is 20.9. The Morgan fingerprint density at radius 3 is 2.71 bits per heavy atom. The highest BCUT2D eigenvalue weighted by molar-refractivity contribution is 8.18. The minimum Gasteiger partial charge on any atom is -0.457 e. The molecule has 4 rings (SSSR count). The first-order chi connectivity index (χ1) is 14.8. The number of carbonyl (C=O) groups excluding carboxylic acids is 2. The highest BCUT2D eigenvalue weighted by atomic mass is 35.5. The van der Waals surface area contributed by atoms with Gasteiger partial charge in [-0.3, -0.25) is 24.6 Å². The van der Waals surface area contributed by atoms with Crippen molar-refractivity contribution >= 4 is 46.3 Å². The number of carbonyl (C=O) groups is 2. The number of furan rings is 1. The maximum Gasteiger partial charge on any atom is 0.293 e. The van der Waals surface area contributed by atoms with Crippen LogP contribution in [0.2, 0.25) is 5.02 Å². The molecule has 2 amide bonds. The van der Waals surface area contributed by atoms with E-state index in [1.165, 1.54) is 23.1 Å². The van der Waals surface area contributed by atoms with Crippen molar-refractivity contribution in [3.8, 4) is 11.3 Å². The average molecular weight is 455 g/mol. The Bertz CT molecular complexity index is 1250. The van der Waals surface area contributed by atoms with E-state index >= 15 is 0 Å². The standard InChI is InChI=1S/C22H15ClN2O5S/c1-13-3-2-4-14(9-13)12-24-21(26)20(31-22(24)27)11-16-6-8-19(30-16)15-5-7-17(23)18(10-15)25(28)29/h2-11H,12H2,1H3/b20-11-. The lowest BCUT2D eigenvalue weighted by Crippen LogP contribution is -2.27. The second-order valence-corrected chi connectivity index (χ2v) is 8.28. The Hall–Kier alpha value is -3.36. The molecule has 0 N–H and O–H groups in total. The molecule has 2 heterocycles. The molecule has 0 bridgehead atoms. The van der Waals surface area contributed by atoms with Crippen LogP contribution in [0.5, 0.6) is 0 Å². The fourth-order valence-electron chi connectivity index (χ4n) is 3.15. The molecule has 31 heavy (non-hydrogen) atoms. The summed E-state index contributed by atoms with van der Waals surface area (Å²) in [6, 6.07) is 15.2. The fraction of sp³-hybridized carbons (Fsp3) is 0.0909. The van der Waals surface area contributed by atoms with Crippen molar-refractivity contribution in [1.29, 1.82) is 0 Å². The second kappa shape index (κ2) is 8.41. The zero-order valence-corrected chi connectivity index (χ0v) is 17.8. The first-order valence-corrected chi connectivity index (χ1v) is 10.4. The molecule has 7 nitrogen and oxygen atoms in total. The van der Waals surface area contributed by atoms with E-state index in [0.717, 1.165) is 22.9 Å². The zero-order chi connectivity index (χ0) is 22.1. The number of amides is 2. The van der Waals surface area contributed by atoms with Crippen LogP contribution in [0.3, 0.4) is 0 Å². The highest BCUT2D eigenvalue weighted by Gasteiger charge is 2.35. The van der Waals surface area contributed by atoms with E-state index in [1.807, 2.05) is 31.2 Å². The molecular formula is C22H15ClN2O5S. The van der Waals surface area contributed by atoms with Gasteiger partial charge < -0.3 is 4.42 Å². The molecule has 0 saturated carbocycles. The van der Waals surface area contributed by atoms with Crippen LogP contribution in [0, 0.1) is 17.0 Å². The summed E-state index contributed by atoms with van der Waals surface area (Å²) in [6.45, 7) is 2.14. The van der Waals surface area contributed by atoms with Crippen molar-refractivity contribution in [1.82, 2.24) is 4.90 Å². The second-order valence-electron chi connectivity index (χ2n) is 6.88. The van der Waals surface area contributed by atoms with Crippen molar-refractivity contribution in [3.63, 3.8) is 0 Å². The molecular weight excluding hydrogens is 440 g/mol. The minimum absolute atomic E-state index is 0.0304. The predicted octanol–water partition coefficient (Wildman–Crippen LogP) is 6.05. The van der Waals surface area contributed by atoms with Gasteiger partial charge in [0.2, 0.25) is 0 Å². The van der Waals surface area contributed by atoms with Crippen LogP contribution in [0.15, 0.2) is 63.9 Å². The van der Waals surface area contributed by atoms with E-state index in [4.69, 9.17) is 16.0 Å². The summed E-state index contributed by atoms with van der Waals surface area (Å²) in [5, 5.41) is 10.8. The molecule has 1 fully saturated rings. The molecule has 0 spiro atoms. The normalized spacial score (nSPS) is 15.2. The fourth-order valence-corrected chi connectivity index (χ4v) is 4.15. The Labute approximate surface area is 186 Å². The number of rotatable bonds is 5. The Morgan fingerprint density at radius 2 is 1.97 bits per heavy atom. The zero-order valence-electron chi connectivity index (χ0n) is 16.2. The third-order valence-electron chi connectivity index (χ3n) is 4.62. The molecule has 1 aliphatic rings. The lowest BCUT2D eigenvalue weighted by atomic mass is 10.1. The van der Waals surface area contributed by atoms with Gasteiger partial charge in [0.1, 0.15) is 16.5 Å². The highest BCUT2D eigenvalue weighted by Crippen LogP contribution is 2.35. The first-order valence-electron chi connectivity index (χ1n) is 9.17. The van der Waals surface area contributed by atoms with E-state index < -0.39 is 10.8 Å². The molecule has 0 aliphatic carbocycles. The number of thioether (sulfide) groups is 1. The summed E-state index contributed by atoms with van der Waals surface area (Å²) in [6.07, 6.45) is 1.50. The molecule has 3 aromatic rings. The smallest absolute Gasteiger partial charge is 0.293 e. The van der Waals surface area contributed by atoms with E-state index in [2.05, 4.69) is 0 Å². The molecule has 9 heteroatoms. The van der Waals surface area contributed by atoms with Gasteiger partial charge in [-0.1, -0.05) is 41.4 Å². The molecule has 1 aliphatic heterocycles. The summed E-state index contributed by atoms with van der Waals surface area (Å²) < 4.78 is 5.72. The summed E-state index contributed by atoms with van der Waals surface area (Å²) in [4.78, 5) is 37.0. The van der Waals surface area contributed by atoms with Crippen LogP contribution < -0.4 is 0 Å². The quantitative estimate of drug-likeness (QED) is 0.264. The summed E-state index contributed by atoms with van der Waals surface area (Å²) in [7, 11) is 0. The van der Waals surface area contributed by atoms with Crippen LogP contribution in [0.25, 0.3) is 17.4 Å². The van der Waals surface area contributed by atoms with Gasteiger partial charge in [0.05, 0.1) is 16.4 Å². The molecule has 0 atom stereocenters. The predicted molar refractivity (Wildman–Crippen MR) is 119 cm³/mol. The Kier molecular flexibility index (Phi) is 5.67. The number of halogens is 1. The third kappa shape index (κ3) is 4.40. The van der Waals surface area contributed by atoms with Crippen LogP contribution >= 0.6 is 23.4 Å². The third-order valence-corrected chi connectivity index (χ3v) is 5.85. The number of nitro groups is 1. The van der Waals surface area contributed by atoms with Gasteiger partial charge in [-0.2, -0.15) is 0 Å². The van der Waals surface area contributed by atoms with Gasteiger partial charge in [-0.05, 0) is 48.5 Å². The lowest BCUT2D eigenvalue weighted by Gasteiger charge is -2.12. The molecule has 2 aromatic carbocycles. The van der Waals surface area contributed by atoms with E-state index in [1.54, 1.807) is 18.2 Å². The summed E-state index contributed by atoms with van der Waals surface area (Å²) in [5.74, 6) is 0.343. The van der Waals surface area contributed by atoms with Crippen molar-refractivity contribution in [3.05, 3.63) is 91.5 Å². The summed E-state index contributed by atoms with van der Waals surface area (Å²) in [5.41, 5.74) is 2.16. The monoisotopic (exact) mass is 454 g/mol. The maximum atomic E-state index is 12.7. The van der Waals surface area contributed by atoms with Gasteiger partial charge in [0.25, 0.3) is 16.8 Å². The number of aryl methyl sites for hydroxylation is 1. The number of nitrogens with zero attached hydrogens (tertiary/aromatic N) is 2. The van der Waals surface area contributed by atoms with E-state index in [0.29, 0.717) is 17.1 Å². The van der Waals surface area contributed by atoms with Crippen molar-refractivity contribution in [2.24, 2.45) is 0 Å². The van der Waals surface area contributed by atoms with Crippen molar-refractivity contribution < 1.29 is 18.9 Å². The van der Waals surface area contributed by atoms with Gasteiger partial charge in [0, 0.05) is 17.7 Å². The molecule has 0 radical (unpaired) electrons. The Balaban J connectivity index is 1.55. The molecule has 1 aromatic heterocycles. The van der Waals surface area contributed by atoms with E-state index in [9.17, 15) is 19.7 Å². The minimum atomic E-state index is -0.570.